The van der Waals surface area contributed by atoms with Gasteiger partial charge < -0.3 is 14.3 Å². The first-order valence-corrected chi connectivity index (χ1v) is 4.99. The molecule has 1 atom stereocenters. The van der Waals surface area contributed by atoms with E-state index in [2.05, 4.69) is 4.98 Å². The number of hydrogen-bond acceptors (Lipinski definition) is 4. The monoisotopic (exact) mass is 211 g/mol. The number of oxazole rings is 1. The second-order valence-corrected chi connectivity index (χ2v) is 3.65. The highest BCUT2D eigenvalue weighted by Gasteiger charge is 2.20. The van der Waals surface area contributed by atoms with E-state index < -0.39 is 5.97 Å². The number of rotatable bonds is 3. The highest BCUT2D eigenvalue weighted by atomic mass is 16.5. The number of hydrogen-bond donors (Lipinski definition) is 1. The van der Waals surface area contributed by atoms with Gasteiger partial charge in [0.2, 0.25) is 5.89 Å². The van der Waals surface area contributed by atoms with Crippen molar-refractivity contribution in [2.75, 3.05) is 13.2 Å². The highest BCUT2D eigenvalue weighted by molar-refractivity contribution is 5.68. The van der Waals surface area contributed by atoms with Crippen LogP contribution in [0.5, 0.6) is 0 Å². The maximum Gasteiger partial charge on any atom is 0.312 e. The highest BCUT2D eigenvalue weighted by Crippen LogP contribution is 2.24. The maximum absolute atomic E-state index is 10.4. The SMILES string of the molecule is O=C(O)Cc1nc(C2CCCOC2)co1. The second kappa shape index (κ2) is 4.44. The molecule has 0 bridgehead atoms. The van der Waals surface area contributed by atoms with Gasteiger partial charge in [0.05, 0.1) is 12.3 Å². The fraction of sp³-hybridized carbons (Fsp3) is 0.600. The van der Waals surface area contributed by atoms with E-state index in [1.165, 1.54) is 6.26 Å². The fourth-order valence-electron chi connectivity index (χ4n) is 1.70. The van der Waals surface area contributed by atoms with Crippen LogP contribution in [0.15, 0.2) is 10.7 Å². The standard InChI is InChI=1S/C10H13NO4/c12-10(13)4-9-11-8(6-15-9)7-2-1-3-14-5-7/h6-7H,1-5H2,(H,12,13). The van der Waals surface area contributed by atoms with Crippen molar-refractivity contribution in [1.29, 1.82) is 0 Å². The lowest BCUT2D eigenvalue weighted by molar-refractivity contribution is -0.136. The molecule has 1 aromatic rings. The van der Waals surface area contributed by atoms with Crippen LogP contribution in [0.25, 0.3) is 0 Å². The predicted molar refractivity (Wildman–Crippen MR) is 50.6 cm³/mol. The fourth-order valence-corrected chi connectivity index (χ4v) is 1.70. The Labute approximate surface area is 87.1 Å². The minimum atomic E-state index is -0.928. The first-order valence-electron chi connectivity index (χ1n) is 4.99. The normalized spacial score (nSPS) is 21.5. The molecular formula is C10H13NO4. The third kappa shape index (κ3) is 2.56. The molecule has 0 aromatic carbocycles. The molecule has 1 N–H and O–H groups in total. The van der Waals surface area contributed by atoms with Crippen LogP contribution in [-0.2, 0) is 16.0 Å². The van der Waals surface area contributed by atoms with Gasteiger partial charge in [0.15, 0.2) is 0 Å². The minimum Gasteiger partial charge on any atom is -0.481 e. The summed E-state index contributed by atoms with van der Waals surface area (Å²) in [7, 11) is 0. The Hall–Kier alpha value is -1.36. The van der Waals surface area contributed by atoms with E-state index in [9.17, 15) is 4.79 Å². The Morgan fingerprint density at radius 2 is 2.53 bits per heavy atom. The summed E-state index contributed by atoms with van der Waals surface area (Å²) in [5, 5.41) is 8.56. The van der Waals surface area contributed by atoms with E-state index in [1.54, 1.807) is 0 Å². The van der Waals surface area contributed by atoms with Crippen molar-refractivity contribution in [3.05, 3.63) is 17.8 Å². The van der Waals surface area contributed by atoms with Gasteiger partial charge in [-0.15, -0.1) is 0 Å². The Morgan fingerprint density at radius 1 is 1.67 bits per heavy atom. The number of aromatic nitrogens is 1. The van der Waals surface area contributed by atoms with Crippen molar-refractivity contribution in [3.8, 4) is 0 Å². The number of nitrogens with zero attached hydrogens (tertiary/aromatic N) is 1. The van der Waals surface area contributed by atoms with E-state index in [4.69, 9.17) is 14.3 Å². The van der Waals surface area contributed by atoms with E-state index in [-0.39, 0.29) is 18.2 Å². The van der Waals surface area contributed by atoms with E-state index >= 15 is 0 Å². The van der Waals surface area contributed by atoms with Crippen LogP contribution in [0.2, 0.25) is 0 Å². The molecule has 1 aliphatic rings. The van der Waals surface area contributed by atoms with Crippen LogP contribution in [0.1, 0.15) is 30.3 Å². The summed E-state index contributed by atoms with van der Waals surface area (Å²) in [6.45, 7) is 1.45. The molecule has 1 fully saturated rings. The molecule has 1 saturated heterocycles. The molecule has 82 valence electrons. The van der Waals surface area contributed by atoms with Gasteiger partial charge in [-0.25, -0.2) is 4.98 Å². The van der Waals surface area contributed by atoms with Crippen molar-refractivity contribution < 1.29 is 19.1 Å². The number of carboxylic acid groups (broad SMARTS) is 1. The number of aliphatic carboxylic acids is 1. The average molecular weight is 211 g/mol. The van der Waals surface area contributed by atoms with Crippen molar-refractivity contribution in [2.45, 2.75) is 25.2 Å². The zero-order valence-electron chi connectivity index (χ0n) is 8.31. The van der Waals surface area contributed by atoms with E-state index in [0.29, 0.717) is 6.61 Å². The van der Waals surface area contributed by atoms with Gasteiger partial charge in [0.25, 0.3) is 0 Å². The summed E-state index contributed by atoms with van der Waals surface area (Å²) in [6, 6.07) is 0. The summed E-state index contributed by atoms with van der Waals surface area (Å²) in [5.74, 6) is -0.406. The molecule has 0 saturated carbocycles. The van der Waals surface area contributed by atoms with Crippen LogP contribution >= 0.6 is 0 Å². The second-order valence-electron chi connectivity index (χ2n) is 3.65. The third-order valence-corrected chi connectivity index (χ3v) is 2.45. The van der Waals surface area contributed by atoms with Gasteiger partial charge >= 0.3 is 5.97 Å². The molecule has 5 heteroatoms. The summed E-state index contributed by atoms with van der Waals surface area (Å²) in [6.07, 6.45) is 3.43. The van der Waals surface area contributed by atoms with Gasteiger partial charge in [-0.2, -0.15) is 0 Å². The molecule has 15 heavy (non-hydrogen) atoms. The predicted octanol–water partition coefficient (Wildman–Crippen LogP) is 1.20. The van der Waals surface area contributed by atoms with Gasteiger partial charge in [-0.1, -0.05) is 0 Å². The molecule has 5 nitrogen and oxygen atoms in total. The Kier molecular flexibility index (Phi) is 3.01. The van der Waals surface area contributed by atoms with Gasteiger partial charge in [-0.05, 0) is 12.8 Å². The van der Waals surface area contributed by atoms with Crippen LogP contribution < -0.4 is 0 Å². The lowest BCUT2D eigenvalue weighted by Crippen LogP contribution is -2.15. The van der Waals surface area contributed by atoms with Gasteiger partial charge in [0.1, 0.15) is 12.7 Å². The molecule has 1 aliphatic heterocycles. The van der Waals surface area contributed by atoms with Crippen LogP contribution in [-0.4, -0.2) is 29.3 Å². The van der Waals surface area contributed by atoms with Crippen molar-refractivity contribution >= 4 is 5.97 Å². The summed E-state index contributed by atoms with van der Waals surface area (Å²) >= 11 is 0. The quantitative estimate of drug-likeness (QED) is 0.813. The Balaban J connectivity index is 2.02. The molecule has 1 aromatic heterocycles. The molecule has 0 radical (unpaired) electrons. The molecule has 1 unspecified atom stereocenters. The molecular weight excluding hydrogens is 198 g/mol. The Morgan fingerprint density at radius 3 is 3.20 bits per heavy atom. The number of carbonyl (C=O) groups is 1. The summed E-state index contributed by atoms with van der Waals surface area (Å²) in [4.78, 5) is 14.6. The van der Waals surface area contributed by atoms with Gasteiger partial charge in [0, 0.05) is 12.5 Å². The van der Waals surface area contributed by atoms with Crippen molar-refractivity contribution in [1.82, 2.24) is 4.98 Å². The smallest absolute Gasteiger partial charge is 0.312 e. The van der Waals surface area contributed by atoms with E-state index in [0.717, 1.165) is 25.1 Å². The lowest BCUT2D eigenvalue weighted by Gasteiger charge is -2.19. The van der Waals surface area contributed by atoms with Crippen molar-refractivity contribution in [2.24, 2.45) is 0 Å². The van der Waals surface area contributed by atoms with Gasteiger partial charge in [-0.3, -0.25) is 4.79 Å². The zero-order chi connectivity index (χ0) is 10.7. The van der Waals surface area contributed by atoms with E-state index in [1.807, 2.05) is 0 Å². The zero-order valence-corrected chi connectivity index (χ0v) is 8.31. The minimum absolute atomic E-state index is 0.159. The molecule has 2 rings (SSSR count). The molecule has 2 heterocycles. The molecule has 0 amide bonds. The van der Waals surface area contributed by atoms with Crippen molar-refractivity contribution in [3.63, 3.8) is 0 Å². The van der Waals surface area contributed by atoms with Crippen LogP contribution in [0.4, 0.5) is 0 Å². The van der Waals surface area contributed by atoms with Crippen LogP contribution in [0, 0.1) is 0 Å². The van der Waals surface area contributed by atoms with Crippen LogP contribution in [0.3, 0.4) is 0 Å². The summed E-state index contributed by atoms with van der Waals surface area (Å²) < 4.78 is 10.4. The maximum atomic E-state index is 10.4. The summed E-state index contributed by atoms with van der Waals surface area (Å²) in [5.41, 5.74) is 0.811. The first-order chi connectivity index (χ1) is 7.25. The lowest BCUT2D eigenvalue weighted by atomic mass is 10.00. The average Bonchev–Trinajstić information content (AvgIpc) is 2.67. The third-order valence-electron chi connectivity index (χ3n) is 2.45. The molecule has 0 aliphatic carbocycles. The number of ether oxygens (including phenoxy) is 1. The topological polar surface area (TPSA) is 72.6 Å². The Bertz CT molecular complexity index is 341. The number of carboxylic acids is 1. The molecule has 0 spiro atoms. The largest absolute Gasteiger partial charge is 0.481 e. The first kappa shape index (κ1) is 10.2.